The van der Waals surface area contributed by atoms with Gasteiger partial charge in [0, 0.05) is 24.1 Å². The van der Waals surface area contributed by atoms with E-state index in [1.807, 2.05) is 20.8 Å². The van der Waals surface area contributed by atoms with Crippen molar-refractivity contribution in [3.8, 4) is 0 Å². The van der Waals surface area contributed by atoms with Crippen LogP contribution in [0.25, 0.3) is 5.65 Å². The fraction of sp³-hybridized carbons (Fsp3) is 0.708. The molecule has 2 aromatic heterocycles. The van der Waals surface area contributed by atoms with Crippen LogP contribution in [0, 0.1) is 18.7 Å². The number of halogens is 4. The SMILES string of the molecule is Cc1cc([C@H]2CN(C(=O)OC(C)(C)C)CCO2)n2nc(C3CCC(C(C)(F)F)CC3)c(F)c2n1.F. The van der Waals surface area contributed by atoms with Gasteiger partial charge in [-0.05, 0) is 66.4 Å². The normalized spacial score (nSPS) is 23.8. The number of alkyl halides is 2. The number of aromatic nitrogens is 3. The van der Waals surface area contributed by atoms with E-state index in [9.17, 15) is 13.6 Å². The Kier molecular flexibility index (Phi) is 7.69. The van der Waals surface area contributed by atoms with Crippen molar-refractivity contribution in [1.29, 1.82) is 0 Å². The molecular weight excluding hydrogens is 468 g/mol. The summed E-state index contributed by atoms with van der Waals surface area (Å²) in [5.74, 6) is -4.17. The average molecular weight is 503 g/mol. The first-order valence-electron chi connectivity index (χ1n) is 11.9. The molecule has 0 unspecified atom stereocenters. The molecule has 4 rings (SSSR count). The molecule has 1 saturated carbocycles. The summed E-state index contributed by atoms with van der Waals surface area (Å²) in [6.07, 6.45) is 0.603. The van der Waals surface area contributed by atoms with Gasteiger partial charge >= 0.3 is 6.09 Å². The van der Waals surface area contributed by atoms with E-state index < -0.39 is 35.5 Å². The van der Waals surface area contributed by atoms with Gasteiger partial charge in [0.1, 0.15) is 17.4 Å². The fourth-order valence-electron chi connectivity index (χ4n) is 4.84. The van der Waals surface area contributed by atoms with E-state index in [4.69, 9.17) is 9.47 Å². The van der Waals surface area contributed by atoms with Crippen molar-refractivity contribution in [2.75, 3.05) is 19.7 Å². The van der Waals surface area contributed by atoms with Crippen molar-refractivity contribution >= 4 is 11.7 Å². The molecule has 0 spiro atoms. The lowest BCUT2D eigenvalue weighted by Crippen LogP contribution is -2.45. The topological polar surface area (TPSA) is 69.0 Å². The van der Waals surface area contributed by atoms with Crippen LogP contribution in [0.2, 0.25) is 0 Å². The summed E-state index contributed by atoms with van der Waals surface area (Å²) in [4.78, 5) is 18.5. The number of fused-ring (bicyclic) bond motifs is 1. The van der Waals surface area contributed by atoms with Gasteiger partial charge in [-0.2, -0.15) is 5.10 Å². The number of aryl methyl sites for hydroxylation is 1. The van der Waals surface area contributed by atoms with Crippen molar-refractivity contribution in [2.45, 2.75) is 83.8 Å². The number of ether oxygens (including phenoxy) is 2. The maximum absolute atomic E-state index is 15.4. The highest BCUT2D eigenvalue weighted by molar-refractivity contribution is 5.68. The van der Waals surface area contributed by atoms with E-state index in [1.165, 1.54) is 4.52 Å². The Morgan fingerprint density at radius 3 is 2.43 bits per heavy atom. The first kappa shape index (κ1) is 27.2. The molecular formula is C24H34F4N4O3. The molecule has 2 aliphatic rings. The van der Waals surface area contributed by atoms with Crippen LogP contribution >= 0.6 is 0 Å². The van der Waals surface area contributed by atoms with Gasteiger partial charge in [0.15, 0.2) is 11.5 Å². The second-order valence-corrected chi connectivity index (χ2v) is 10.5. The monoisotopic (exact) mass is 502 g/mol. The molecule has 1 saturated heterocycles. The minimum atomic E-state index is -2.73. The smallest absolute Gasteiger partial charge is 0.410 e. The number of nitrogens with zero attached hydrogens (tertiary/aromatic N) is 4. The highest BCUT2D eigenvalue weighted by atomic mass is 19.3. The van der Waals surface area contributed by atoms with Gasteiger partial charge in [-0.3, -0.25) is 4.70 Å². The van der Waals surface area contributed by atoms with Gasteiger partial charge in [0.05, 0.1) is 18.8 Å². The second kappa shape index (κ2) is 9.91. The Hall–Kier alpha value is -2.43. The quantitative estimate of drug-likeness (QED) is 0.514. The number of morpholine rings is 1. The van der Waals surface area contributed by atoms with Crippen LogP contribution in [0.15, 0.2) is 6.07 Å². The molecule has 1 amide bonds. The molecule has 2 aromatic rings. The minimum absolute atomic E-state index is 0. The summed E-state index contributed by atoms with van der Waals surface area (Å²) in [7, 11) is 0. The van der Waals surface area contributed by atoms with Crippen LogP contribution in [-0.2, 0) is 9.47 Å². The Balaban J connectivity index is 0.00000342. The summed E-state index contributed by atoms with van der Waals surface area (Å²) >= 11 is 0. The summed E-state index contributed by atoms with van der Waals surface area (Å²) in [5, 5.41) is 4.55. The van der Waals surface area contributed by atoms with Gasteiger partial charge < -0.3 is 14.4 Å². The fourth-order valence-corrected chi connectivity index (χ4v) is 4.84. The number of amides is 1. The van der Waals surface area contributed by atoms with Crippen molar-refractivity contribution in [3.05, 3.63) is 29.0 Å². The zero-order valence-corrected chi connectivity index (χ0v) is 20.8. The van der Waals surface area contributed by atoms with Crippen molar-refractivity contribution < 1.29 is 32.1 Å². The Morgan fingerprint density at radius 1 is 1.17 bits per heavy atom. The highest BCUT2D eigenvalue weighted by Gasteiger charge is 2.39. The molecule has 11 heteroatoms. The molecule has 0 N–H and O–H groups in total. The zero-order chi connectivity index (χ0) is 24.8. The predicted octanol–water partition coefficient (Wildman–Crippen LogP) is 5.57. The number of rotatable bonds is 3. The van der Waals surface area contributed by atoms with Crippen LogP contribution in [0.3, 0.4) is 0 Å². The third-order valence-corrected chi connectivity index (χ3v) is 6.59. The Morgan fingerprint density at radius 2 is 1.83 bits per heavy atom. The summed E-state index contributed by atoms with van der Waals surface area (Å²) in [6, 6.07) is 1.78. The van der Waals surface area contributed by atoms with Gasteiger partial charge in [0.25, 0.3) is 0 Å². The number of carbonyl (C=O) groups excluding carboxylic acids is 1. The van der Waals surface area contributed by atoms with E-state index in [0.717, 1.165) is 6.92 Å². The number of hydrogen-bond acceptors (Lipinski definition) is 5. The molecule has 0 aromatic carbocycles. The van der Waals surface area contributed by atoms with Crippen molar-refractivity contribution in [1.82, 2.24) is 19.5 Å². The van der Waals surface area contributed by atoms with Gasteiger partial charge in [-0.25, -0.2) is 27.5 Å². The van der Waals surface area contributed by atoms with Crippen LogP contribution in [-0.4, -0.2) is 56.8 Å². The van der Waals surface area contributed by atoms with Crippen molar-refractivity contribution in [2.24, 2.45) is 5.92 Å². The number of carbonyl (C=O) groups is 1. The van der Waals surface area contributed by atoms with Gasteiger partial charge in [-0.1, -0.05) is 0 Å². The van der Waals surface area contributed by atoms with E-state index in [1.54, 1.807) is 17.9 Å². The van der Waals surface area contributed by atoms with Crippen LogP contribution in [0.5, 0.6) is 0 Å². The molecule has 1 aliphatic heterocycles. The summed E-state index contributed by atoms with van der Waals surface area (Å²) in [6.45, 7) is 9.07. The lowest BCUT2D eigenvalue weighted by Gasteiger charge is -2.34. The molecule has 35 heavy (non-hydrogen) atoms. The van der Waals surface area contributed by atoms with E-state index in [0.29, 0.717) is 50.2 Å². The standard InChI is InChI=1S/C24H33F3N4O3.FH/c1-14-12-17(18-13-30(10-11-33-18)22(32)34-23(2,3)4)31-21(28-14)19(25)20(29-31)15-6-8-16(9-7-15)24(5,26)27;/h12,15-16,18H,6-11,13H2,1-5H3;1H/t15?,16?,18-;/m1./s1. The van der Waals surface area contributed by atoms with Gasteiger partial charge in [0.2, 0.25) is 5.92 Å². The first-order valence-corrected chi connectivity index (χ1v) is 11.9. The molecule has 1 atom stereocenters. The van der Waals surface area contributed by atoms with Crippen LogP contribution in [0.1, 0.15) is 82.5 Å². The lowest BCUT2D eigenvalue weighted by atomic mass is 9.78. The maximum Gasteiger partial charge on any atom is 0.410 e. The molecule has 0 radical (unpaired) electrons. The molecule has 3 heterocycles. The third-order valence-electron chi connectivity index (χ3n) is 6.59. The maximum atomic E-state index is 15.4. The minimum Gasteiger partial charge on any atom is -0.444 e. The van der Waals surface area contributed by atoms with E-state index in [-0.39, 0.29) is 28.5 Å². The van der Waals surface area contributed by atoms with Crippen molar-refractivity contribution in [3.63, 3.8) is 0 Å². The second-order valence-electron chi connectivity index (χ2n) is 10.5. The Bertz CT molecular complexity index is 1060. The predicted molar refractivity (Wildman–Crippen MR) is 122 cm³/mol. The van der Waals surface area contributed by atoms with E-state index in [2.05, 4.69) is 10.1 Å². The van der Waals surface area contributed by atoms with Gasteiger partial charge in [-0.15, -0.1) is 0 Å². The Labute approximate surface area is 202 Å². The van der Waals surface area contributed by atoms with Crippen LogP contribution < -0.4 is 0 Å². The zero-order valence-electron chi connectivity index (χ0n) is 20.8. The van der Waals surface area contributed by atoms with E-state index >= 15 is 4.39 Å². The highest BCUT2D eigenvalue weighted by Crippen LogP contribution is 2.42. The largest absolute Gasteiger partial charge is 0.444 e. The molecule has 196 valence electrons. The lowest BCUT2D eigenvalue weighted by molar-refractivity contribution is -0.0548. The average Bonchev–Trinajstić information content (AvgIpc) is 3.08. The van der Waals surface area contributed by atoms with Crippen LogP contribution in [0.4, 0.5) is 22.7 Å². The summed E-state index contributed by atoms with van der Waals surface area (Å²) in [5.41, 5.74) is 0.921. The first-order chi connectivity index (χ1) is 15.8. The molecule has 0 bridgehead atoms. The number of hydrogen-bond donors (Lipinski definition) is 0. The molecule has 2 fully saturated rings. The molecule has 7 nitrogen and oxygen atoms in total. The third kappa shape index (κ3) is 5.87. The summed E-state index contributed by atoms with van der Waals surface area (Å²) < 4.78 is 55.7. The molecule has 1 aliphatic carbocycles.